The second-order valence-corrected chi connectivity index (χ2v) is 6.05. The Bertz CT molecular complexity index is 440. The molecule has 1 aromatic carbocycles. The van der Waals surface area contributed by atoms with E-state index >= 15 is 0 Å². The zero-order chi connectivity index (χ0) is 13.8. The molecule has 1 saturated heterocycles. The Balaban J connectivity index is 1.55. The Morgan fingerprint density at radius 2 is 1.85 bits per heavy atom. The fraction of sp³-hybridized carbons (Fsp3) is 0.588. The van der Waals surface area contributed by atoms with E-state index in [0.29, 0.717) is 6.04 Å². The summed E-state index contributed by atoms with van der Waals surface area (Å²) in [7, 11) is 0. The summed E-state index contributed by atoms with van der Waals surface area (Å²) in [5.41, 5.74) is 1.28. The average molecular weight is 272 g/mol. The third-order valence-corrected chi connectivity index (χ3v) is 4.70. The molecule has 20 heavy (non-hydrogen) atoms. The van der Waals surface area contributed by atoms with E-state index in [4.69, 9.17) is 0 Å². The number of carbonyl (C=O) groups is 1. The molecule has 1 aliphatic heterocycles. The van der Waals surface area contributed by atoms with Gasteiger partial charge in [-0.1, -0.05) is 31.0 Å². The number of hydrogen-bond acceptors (Lipinski definition) is 2. The van der Waals surface area contributed by atoms with Crippen LogP contribution in [0.3, 0.4) is 0 Å². The van der Waals surface area contributed by atoms with Crippen LogP contribution in [-0.4, -0.2) is 25.0 Å². The Morgan fingerprint density at radius 1 is 1.10 bits per heavy atom. The fourth-order valence-electron chi connectivity index (χ4n) is 3.56. The van der Waals surface area contributed by atoms with Gasteiger partial charge in [0, 0.05) is 30.7 Å². The van der Waals surface area contributed by atoms with E-state index in [9.17, 15) is 4.79 Å². The van der Waals surface area contributed by atoms with Crippen molar-refractivity contribution < 1.29 is 4.79 Å². The topological polar surface area (TPSA) is 32.3 Å². The molecule has 1 aliphatic carbocycles. The van der Waals surface area contributed by atoms with Crippen LogP contribution < -0.4 is 10.2 Å². The monoisotopic (exact) mass is 272 g/mol. The second-order valence-electron chi connectivity index (χ2n) is 6.05. The highest BCUT2D eigenvalue weighted by atomic mass is 16.1. The van der Waals surface area contributed by atoms with Crippen LogP contribution in [0.5, 0.6) is 0 Å². The number of carbonyl (C=O) groups excluding carboxylic acids is 1. The lowest BCUT2D eigenvalue weighted by Crippen LogP contribution is -2.41. The molecule has 3 rings (SSSR count). The molecule has 0 bridgehead atoms. The van der Waals surface area contributed by atoms with Crippen LogP contribution in [0.2, 0.25) is 0 Å². The Morgan fingerprint density at radius 3 is 2.60 bits per heavy atom. The molecular formula is C17H24N2O. The molecular weight excluding hydrogens is 248 g/mol. The van der Waals surface area contributed by atoms with E-state index in [1.807, 2.05) is 0 Å². The fourth-order valence-corrected chi connectivity index (χ4v) is 3.56. The maximum absolute atomic E-state index is 12.1. The molecule has 1 heterocycles. The molecule has 3 heteroatoms. The predicted octanol–water partition coefficient (Wildman–Crippen LogP) is 2.96. The molecule has 2 aliphatic rings. The van der Waals surface area contributed by atoms with Crippen LogP contribution in [0, 0.1) is 5.92 Å². The highest BCUT2D eigenvalue weighted by Crippen LogP contribution is 2.26. The van der Waals surface area contributed by atoms with Gasteiger partial charge in [-0.15, -0.1) is 0 Å². The summed E-state index contributed by atoms with van der Waals surface area (Å²) in [6.45, 7) is 1.90. The van der Waals surface area contributed by atoms with Crippen LogP contribution in [-0.2, 0) is 4.79 Å². The SMILES string of the molecule is O=C(NCC1CCCN1c1ccccc1)C1CCCC1. The number of para-hydroxylation sites is 1. The van der Waals surface area contributed by atoms with Crippen molar-refractivity contribution in [2.24, 2.45) is 5.92 Å². The highest BCUT2D eigenvalue weighted by Gasteiger charge is 2.27. The van der Waals surface area contributed by atoms with Crippen molar-refractivity contribution in [3.8, 4) is 0 Å². The van der Waals surface area contributed by atoms with Gasteiger partial charge in [-0.2, -0.15) is 0 Å². The van der Waals surface area contributed by atoms with Crippen LogP contribution in [0.15, 0.2) is 30.3 Å². The quantitative estimate of drug-likeness (QED) is 0.914. The Hall–Kier alpha value is -1.51. The van der Waals surface area contributed by atoms with Crippen molar-refractivity contribution >= 4 is 11.6 Å². The summed E-state index contributed by atoms with van der Waals surface area (Å²) >= 11 is 0. The van der Waals surface area contributed by atoms with Crippen molar-refractivity contribution in [2.75, 3.05) is 18.0 Å². The van der Waals surface area contributed by atoms with E-state index in [2.05, 4.69) is 40.5 Å². The van der Waals surface area contributed by atoms with Gasteiger partial charge in [-0.3, -0.25) is 4.79 Å². The molecule has 1 amide bonds. The molecule has 2 fully saturated rings. The first kappa shape index (κ1) is 13.5. The number of amides is 1. The third-order valence-electron chi connectivity index (χ3n) is 4.70. The van der Waals surface area contributed by atoms with Gasteiger partial charge in [0.25, 0.3) is 0 Å². The minimum Gasteiger partial charge on any atom is -0.367 e. The summed E-state index contributed by atoms with van der Waals surface area (Å²) < 4.78 is 0. The van der Waals surface area contributed by atoms with E-state index in [1.54, 1.807) is 0 Å². The molecule has 0 spiro atoms. The van der Waals surface area contributed by atoms with Gasteiger partial charge >= 0.3 is 0 Å². The second kappa shape index (κ2) is 6.29. The number of nitrogens with zero attached hydrogens (tertiary/aromatic N) is 1. The lowest BCUT2D eigenvalue weighted by molar-refractivity contribution is -0.124. The van der Waals surface area contributed by atoms with Gasteiger partial charge in [0.2, 0.25) is 5.91 Å². The average Bonchev–Trinajstić information content (AvgIpc) is 3.17. The minimum atomic E-state index is 0.279. The van der Waals surface area contributed by atoms with Gasteiger partial charge in [0.05, 0.1) is 0 Å². The third kappa shape index (κ3) is 2.97. The van der Waals surface area contributed by atoms with Crippen LogP contribution in [0.25, 0.3) is 0 Å². The number of nitrogens with one attached hydrogen (secondary N) is 1. The molecule has 1 unspecified atom stereocenters. The molecule has 0 radical (unpaired) electrons. The van der Waals surface area contributed by atoms with E-state index in [-0.39, 0.29) is 11.8 Å². The molecule has 1 aromatic rings. The largest absolute Gasteiger partial charge is 0.367 e. The summed E-state index contributed by atoms with van der Waals surface area (Å²) in [6.07, 6.45) is 7.01. The first-order chi connectivity index (χ1) is 9.84. The van der Waals surface area contributed by atoms with Gasteiger partial charge < -0.3 is 10.2 Å². The standard InChI is InChI=1S/C17H24N2O/c20-17(14-7-4-5-8-14)18-13-16-11-6-12-19(16)15-9-2-1-3-10-15/h1-3,9-10,14,16H,4-8,11-13H2,(H,18,20). The number of rotatable bonds is 4. The van der Waals surface area contributed by atoms with Gasteiger partial charge in [-0.25, -0.2) is 0 Å². The van der Waals surface area contributed by atoms with Crippen molar-refractivity contribution in [1.29, 1.82) is 0 Å². The summed E-state index contributed by atoms with van der Waals surface area (Å²) in [4.78, 5) is 14.6. The minimum absolute atomic E-state index is 0.279. The van der Waals surface area contributed by atoms with Crippen LogP contribution in [0.4, 0.5) is 5.69 Å². The molecule has 1 saturated carbocycles. The van der Waals surface area contributed by atoms with Crippen LogP contribution in [0.1, 0.15) is 38.5 Å². The van der Waals surface area contributed by atoms with Crippen molar-refractivity contribution in [3.05, 3.63) is 30.3 Å². The predicted molar refractivity (Wildman–Crippen MR) is 81.8 cm³/mol. The maximum atomic E-state index is 12.1. The lowest BCUT2D eigenvalue weighted by Gasteiger charge is -2.27. The normalized spacial score (nSPS) is 23.2. The molecule has 1 N–H and O–H groups in total. The van der Waals surface area contributed by atoms with Gasteiger partial charge in [0.1, 0.15) is 0 Å². The highest BCUT2D eigenvalue weighted by molar-refractivity contribution is 5.78. The molecule has 1 atom stereocenters. The van der Waals surface area contributed by atoms with Crippen molar-refractivity contribution in [1.82, 2.24) is 5.32 Å². The number of anilines is 1. The first-order valence-electron chi connectivity index (χ1n) is 7.94. The first-order valence-corrected chi connectivity index (χ1v) is 7.94. The Kier molecular flexibility index (Phi) is 4.24. The summed E-state index contributed by atoms with van der Waals surface area (Å²) in [5, 5.41) is 3.19. The smallest absolute Gasteiger partial charge is 0.223 e. The molecule has 0 aromatic heterocycles. The Labute approximate surface area is 121 Å². The van der Waals surface area contributed by atoms with Crippen molar-refractivity contribution in [3.63, 3.8) is 0 Å². The van der Waals surface area contributed by atoms with Crippen LogP contribution >= 0.6 is 0 Å². The zero-order valence-corrected chi connectivity index (χ0v) is 12.1. The lowest BCUT2D eigenvalue weighted by atomic mass is 10.1. The van der Waals surface area contributed by atoms with Crippen molar-refractivity contribution in [2.45, 2.75) is 44.6 Å². The van der Waals surface area contributed by atoms with E-state index in [0.717, 1.165) is 25.9 Å². The summed E-state index contributed by atoms with van der Waals surface area (Å²) in [5.74, 6) is 0.559. The maximum Gasteiger partial charge on any atom is 0.223 e. The summed E-state index contributed by atoms with van der Waals surface area (Å²) in [6, 6.07) is 11.0. The van der Waals surface area contributed by atoms with E-state index < -0.39 is 0 Å². The van der Waals surface area contributed by atoms with Gasteiger partial charge in [0.15, 0.2) is 0 Å². The van der Waals surface area contributed by atoms with E-state index in [1.165, 1.54) is 31.4 Å². The number of benzene rings is 1. The van der Waals surface area contributed by atoms with Gasteiger partial charge in [-0.05, 0) is 37.8 Å². The zero-order valence-electron chi connectivity index (χ0n) is 12.1. The molecule has 3 nitrogen and oxygen atoms in total. The number of hydrogen-bond donors (Lipinski definition) is 1. The molecule has 108 valence electrons.